The third-order valence-corrected chi connectivity index (χ3v) is 6.10. The van der Waals surface area contributed by atoms with Crippen molar-refractivity contribution in [1.29, 1.82) is 0 Å². The average Bonchev–Trinajstić information content (AvgIpc) is 3.33. The van der Waals surface area contributed by atoms with E-state index in [1.807, 2.05) is 50.4 Å². The maximum atomic E-state index is 13.2. The fourth-order valence-electron chi connectivity index (χ4n) is 4.05. The zero-order valence-electron chi connectivity index (χ0n) is 16.2. The molecular weight excluding hydrogens is 374 g/mol. The van der Waals surface area contributed by atoms with Gasteiger partial charge in [0.1, 0.15) is 5.76 Å². The van der Waals surface area contributed by atoms with Crippen LogP contribution in [0.25, 0.3) is 0 Å². The van der Waals surface area contributed by atoms with Gasteiger partial charge in [-0.2, -0.15) is 0 Å². The van der Waals surface area contributed by atoms with Crippen molar-refractivity contribution in [3.8, 4) is 0 Å². The lowest BCUT2D eigenvalue weighted by atomic mass is 9.74. The van der Waals surface area contributed by atoms with Gasteiger partial charge < -0.3 is 14.5 Å². The number of nitrogens with one attached hydrogen (secondary N) is 1. The summed E-state index contributed by atoms with van der Waals surface area (Å²) in [6, 6.07) is 7.68. The van der Waals surface area contributed by atoms with Gasteiger partial charge in [0.25, 0.3) is 0 Å². The molecule has 0 spiro atoms. The van der Waals surface area contributed by atoms with Gasteiger partial charge in [-0.05, 0) is 50.8 Å². The lowest BCUT2D eigenvalue weighted by Gasteiger charge is -2.35. The number of carbonyl (C=O) groups excluding carboxylic acids is 2. The Morgan fingerprint density at radius 1 is 1.29 bits per heavy atom. The number of ether oxygens (including phenoxy) is 1. The second-order valence-corrected chi connectivity index (χ2v) is 8.48. The molecule has 3 heterocycles. The van der Waals surface area contributed by atoms with E-state index >= 15 is 0 Å². The number of allylic oxidation sites excluding steroid dienone is 3. The van der Waals surface area contributed by atoms with Crippen molar-refractivity contribution in [2.45, 2.75) is 51.6 Å². The van der Waals surface area contributed by atoms with Crippen LogP contribution in [0.5, 0.6) is 0 Å². The summed E-state index contributed by atoms with van der Waals surface area (Å²) in [6.07, 6.45) is 2.47. The lowest BCUT2D eigenvalue weighted by Crippen LogP contribution is -2.36. The summed E-state index contributed by atoms with van der Waals surface area (Å²) < 4.78 is 11.0. The normalized spacial score (nSPS) is 22.4. The number of thiophene rings is 1. The molecule has 1 N–H and O–H groups in total. The van der Waals surface area contributed by atoms with Crippen LogP contribution in [0.3, 0.4) is 0 Å². The van der Waals surface area contributed by atoms with Crippen molar-refractivity contribution in [2.24, 2.45) is 0 Å². The van der Waals surface area contributed by atoms with Crippen molar-refractivity contribution in [3.63, 3.8) is 0 Å². The van der Waals surface area contributed by atoms with Crippen LogP contribution in [0, 0.1) is 0 Å². The van der Waals surface area contributed by atoms with E-state index in [2.05, 4.69) is 5.32 Å². The van der Waals surface area contributed by atoms with Gasteiger partial charge in [0, 0.05) is 34.2 Å². The second-order valence-electron chi connectivity index (χ2n) is 7.50. The molecule has 0 saturated heterocycles. The summed E-state index contributed by atoms with van der Waals surface area (Å²) in [6.45, 7) is 5.53. The standard InChI is InChI=1S/C22H23NO4S/c1-12(2)27-22(25)19-13(3)23-15-10-14(17-6-4-8-26-17)11-16(24)20(15)21(19)18-7-5-9-28-18/h4-9,12,14,21,23H,10-11H2,1-3H3. The summed E-state index contributed by atoms with van der Waals surface area (Å²) in [7, 11) is 0. The van der Waals surface area contributed by atoms with Gasteiger partial charge in [-0.3, -0.25) is 4.79 Å². The highest BCUT2D eigenvalue weighted by Gasteiger charge is 2.42. The summed E-state index contributed by atoms with van der Waals surface area (Å²) >= 11 is 1.55. The molecule has 4 rings (SSSR count). The Morgan fingerprint density at radius 2 is 2.11 bits per heavy atom. The number of furan rings is 1. The molecule has 1 aliphatic heterocycles. The molecule has 0 saturated carbocycles. The molecular formula is C22H23NO4S. The van der Waals surface area contributed by atoms with E-state index in [0.717, 1.165) is 22.0 Å². The molecule has 2 aromatic heterocycles. The molecule has 28 heavy (non-hydrogen) atoms. The monoisotopic (exact) mass is 397 g/mol. The Kier molecular flexibility index (Phi) is 4.98. The van der Waals surface area contributed by atoms with Gasteiger partial charge in [-0.1, -0.05) is 6.07 Å². The van der Waals surface area contributed by atoms with Gasteiger partial charge in [-0.15, -0.1) is 11.3 Å². The number of rotatable bonds is 4. The molecule has 2 atom stereocenters. The van der Waals surface area contributed by atoms with E-state index in [4.69, 9.17) is 9.15 Å². The van der Waals surface area contributed by atoms with Gasteiger partial charge in [-0.25, -0.2) is 4.79 Å². The molecule has 1 aliphatic carbocycles. The van der Waals surface area contributed by atoms with Crippen LogP contribution in [0.2, 0.25) is 0 Å². The largest absolute Gasteiger partial charge is 0.469 e. The highest BCUT2D eigenvalue weighted by atomic mass is 32.1. The molecule has 6 heteroatoms. The van der Waals surface area contributed by atoms with Gasteiger partial charge in [0.05, 0.1) is 23.9 Å². The molecule has 2 aromatic rings. The number of ketones is 1. The van der Waals surface area contributed by atoms with E-state index < -0.39 is 0 Å². The summed E-state index contributed by atoms with van der Waals surface area (Å²) in [4.78, 5) is 27.1. The van der Waals surface area contributed by atoms with Crippen molar-refractivity contribution in [3.05, 3.63) is 69.1 Å². The van der Waals surface area contributed by atoms with Gasteiger partial charge >= 0.3 is 5.97 Å². The van der Waals surface area contributed by atoms with E-state index in [1.165, 1.54) is 0 Å². The molecule has 2 unspecified atom stereocenters. The van der Waals surface area contributed by atoms with Crippen LogP contribution in [-0.4, -0.2) is 17.9 Å². The summed E-state index contributed by atoms with van der Waals surface area (Å²) in [5.74, 6) is 0.130. The molecule has 0 radical (unpaired) electrons. The number of esters is 1. The zero-order chi connectivity index (χ0) is 19.8. The maximum Gasteiger partial charge on any atom is 0.337 e. The van der Waals surface area contributed by atoms with E-state index in [1.54, 1.807) is 17.6 Å². The van der Waals surface area contributed by atoms with Crippen molar-refractivity contribution in [2.75, 3.05) is 0 Å². The molecule has 0 amide bonds. The minimum atomic E-state index is -0.382. The fraction of sp³-hybridized carbons (Fsp3) is 0.364. The molecule has 5 nitrogen and oxygen atoms in total. The first-order chi connectivity index (χ1) is 13.5. The Bertz CT molecular complexity index is 951. The molecule has 146 valence electrons. The number of hydrogen-bond acceptors (Lipinski definition) is 6. The average molecular weight is 397 g/mol. The van der Waals surface area contributed by atoms with E-state index in [-0.39, 0.29) is 29.7 Å². The number of Topliss-reactive ketones (excluding diaryl/α,β-unsaturated/α-hetero) is 1. The number of carbonyl (C=O) groups is 2. The minimum absolute atomic E-state index is 0.00898. The lowest BCUT2D eigenvalue weighted by molar-refractivity contribution is -0.143. The number of hydrogen-bond donors (Lipinski definition) is 1. The summed E-state index contributed by atoms with van der Waals surface area (Å²) in [5.41, 5.74) is 2.84. The van der Waals surface area contributed by atoms with Crippen LogP contribution >= 0.6 is 11.3 Å². The SMILES string of the molecule is CC1=C(C(=O)OC(C)C)C(c2cccs2)C2=C(CC(c3ccco3)CC2=O)N1. The number of dihydropyridines is 1. The summed E-state index contributed by atoms with van der Waals surface area (Å²) in [5, 5.41) is 5.31. The van der Waals surface area contributed by atoms with Gasteiger partial charge in [0.15, 0.2) is 5.78 Å². The third-order valence-electron chi connectivity index (χ3n) is 5.16. The van der Waals surface area contributed by atoms with Gasteiger partial charge in [0.2, 0.25) is 0 Å². The quantitative estimate of drug-likeness (QED) is 0.761. The smallest absolute Gasteiger partial charge is 0.337 e. The minimum Gasteiger partial charge on any atom is -0.469 e. The Morgan fingerprint density at radius 3 is 2.75 bits per heavy atom. The van der Waals surface area contributed by atoms with Crippen molar-refractivity contribution < 1.29 is 18.7 Å². The second kappa shape index (κ2) is 7.43. The van der Waals surface area contributed by atoms with Crippen molar-refractivity contribution in [1.82, 2.24) is 5.32 Å². The molecule has 0 fully saturated rings. The maximum absolute atomic E-state index is 13.2. The highest BCUT2D eigenvalue weighted by Crippen LogP contribution is 2.46. The van der Waals surface area contributed by atoms with E-state index in [0.29, 0.717) is 24.0 Å². The third kappa shape index (κ3) is 3.33. The first-order valence-electron chi connectivity index (χ1n) is 9.47. The first kappa shape index (κ1) is 18.7. The van der Waals surface area contributed by atoms with E-state index in [9.17, 15) is 9.59 Å². The van der Waals surface area contributed by atoms with Crippen LogP contribution in [0.15, 0.2) is 62.9 Å². The fourth-order valence-corrected chi connectivity index (χ4v) is 4.90. The van der Waals surface area contributed by atoms with Crippen molar-refractivity contribution >= 4 is 23.1 Å². The molecule has 2 aliphatic rings. The van der Waals surface area contributed by atoms with Crippen LogP contribution in [-0.2, 0) is 14.3 Å². The highest BCUT2D eigenvalue weighted by molar-refractivity contribution is 7.10. The first-order valence-corrected chi connectivity index (χ1v) is 10.4. The topological polar surface area (TPSA) is 68.5 Å². The van der Waals surface area contributed by atoms with Crippen LogP contribution < -0.4 is 5.32 Å². The van der Waals surface area contributed by atoms with Crippen LogP contribution in [0.1, 0.15) is 56.1 Å². The zero-order valence-corrected chi connectivity index (χ0v) is 17.0. The Hall–Kier alpha value is -2.60. The molecule has 0 bridgehead atoms. The predicted octanol–water partition coefficient (Wildman–Crippen LogP) is 4.65. The molecule has 0 aromatic carbocycles. The Labute approximate surface area is 168 Å². The predicted molar refractivity (Wildman–Crippen MR) is 107 cm³/mol. The van der Waals surface area contributed by atoms with Crippen LogP contribution in [0.4, 0.5) is 0 Å². The Balaban J connectivity index is 1.77.